The lowest BCUT2D eigenvalue weighted by Gasteiger charge is -2.34. The van der Waals surface area contributed by atoms with Crippen molar-refractivity contribution in [1.82, 2.24) is 9.47 Å². The lowest BCUT2D eigenvalue weighted by Crippen LogP contribution is -2.44. The van der Waals surface area contributed by atoms with E-state index in [-0.39, 0.29) is 6.03 Å². The number of piperidine rings is 1. The van der Waals surface area contributed by atoms with E-state index < -0.39 is 0 Å². The van der Waals surface area contributed by atoms with E-state index in [0.717, 1.165) is 29.7 Å². The van der Waals surface area contributed by atoms with Crippen LogP contribution in [0.15, 0.2) is 30.5 Å². The topological polar surface area (TPSA) is 37.3 Å². The first-order valence-corrected chi connectivity index (χ1v) is 7.64. The molecular formula is C17H23N3O. The van der Waals surface area contributed by atoms with Gasteiger partial charge in [0, 0.05) is 37.2 Å². The Morgan fingerprint density at radius 1 is 1.19 bits per heavy atom. The Bertz CT molecular complexity index is 651. The average molecular weight is 285 g/mol. The maximum Gasteiger partial charge on any atom is 0.321 e. The largest absolute Gasteiger partial charge is 0.348 e. The van der Waals surface area contributed by atoms with Crippen molar-refractivity contribution in [3.05, 3.63) is 30.5 Å². The second-order valence-corrected chi connectivity index (χ2v) is 6.45. The van der Waals surface area contributed by atoms with Crippen molar-refractivity contribution in [2.75, 3.05) is 18.4 Å². The first-order chi connectivity index (χ1) is 10.0. The molecule has 1 saturated heterocycles. The fourth-order valence-corrected chi connectivity index (χ4v) is 3.46. The maximum absolute atomic E-state index is 12.5. The van der Waals surface area contributed by atoms with E-state index in [1.807, 2.05) is 40.9 Å². The van der Waals surface area contributed by atoms with Crippen LogP contribution in [0.4, 0.5) is 10.5 Å². The normalized spacial score (nSPS) is 22.5. The molecule has 0 aliphatic carbocycles. The molecular weight excluding hydrogens is 262 g/mol. The molecule has 0 saturated carbocycles. The summed E-state index contributed by atoms with van der Waals surface area (Å²) >= 11 is 0. The second-order valence-electron chi connectivity index (χ2n) is 6.45. The van der Waals surface area contributed by atoms with E-state index in [9.17, 15) is 4.79 Å². The zero-order chi connectivity index (χ0) is 15.0. The lowest BCUT2D eigenvalue weighted by molar-refractivity contribution is 0.156. The Morgan fingerprint density at radius 3 is 2.57 bits per heavy atom. The quantitative estimate of drug-likeness (QED) is 0.852. The van der Waals surface area contributed by atoms with Crippen LogP contribution >= 0.6 is 0 Å². The summed E-state index contributed by atoms with van der Waals surface area (Å²) in [6.45, 7) is 6.13. The number of anilines is 1. The summed E-state index contributed by atoms with van der Waals surface area (Å²) in [6, 6.07) is 8.15. The number of carbonyl (C=O) groups excluding carboxylic acids is 1. The number of amides is 2. The van der Waals surface area contributed by atoms with Gasteiger partial charge in [-0.15, -0.1) is 0 Å². The van der Waals surface area contributed by atoms with Crippen LogP contribution in [-0.4, -0.2) is 28.6 Å². The molecule has 0 unspecified atom stereocenters. The number of fused-ring (bicyclic) bond motifs is 1. The fourth-order valence-electron chi connectivity index (χ4n) is 3.46. The molecule has 1 aromatic heterocycles. The fraction of sp³-hybridized carbons (Fsp3) is 0.471. The van der Waals surface area contributed by atoms with Crippen molar-refractivity contribution >= 4 is 22.6 Å². The Kier molecular flexibility index (Phi) is 3.62. The Balaban J connectivity index is 1.80. The number of aryl methyl sites for hydroxylation is 1. The summed E-state index contributed by atoms with van der Waals surface area (Å²) in [5, 5.41) is 4.17. The number of para-hydroxylation sites is 1. The first kappa shape index (κ1) is 14.0. The lowest BCUT2D eigenvalue weighted by atomic mass is 9.92. The number of benzene rings is 1. The van der Waals surface area contributed by atoms with Crippen LogP contribution < -0.4 is 5.32 Å². The van der Waals surface area contributed by atoms with Crippen LogP contribution in [0.1, 0.15) is 20.3 Å². The molecule has 0 bridgehead atoms. The van der Waals surface area contributed by atoms with Crippen molar-refractivity contribution in [3.63, 3.8) is 0 Å². The minimum Gasteiger partial charge on any atom is -0.348 e. The van der Waals surface area contributed by atoms with Gasteiger partial charge in [0.1, 0.15) is 0 Å². The molecule has 2 atom stereocenters. The zero-order valence-electron chi connectivity index (χ0n) is 13.0. The monoisotopic (exact) mass is 285 g/mol. The number of urea groups is 1. The van der Waals surface area contributed by atoms with Crippen LogP contribution in [0, 0.1) is 11.8 Å². The molecule has 0 spiro atoms. The van der Waals surface area contributed by atoms with E-state index in [0.29, 0.717) is 11.8 Å². The van der Waals surface area contributed by atoms with E-state index in [2.05, 4.69) is 25.2 Å². The van der Waals surface area contributed by atoms with Gasteiger partial charge in [0.2, 0.25) is 0 Å². The number of nitrogens with zero attached hydrogens (tertiary/aromatic N) is 2. The molecule has 21 heavy (non-hydrogen) atoms. The van der Waals surface area contributed by atoms with Crippen LogP contribution in [0.2, 0.25) is 0 Å². The number of aromatic nitrogens is 1. The molecule has 2 aromatic rings. The highest BCUT2D eigenvalue weighted by Gasteiger charge is 2.25. The average Bonchev–Trinajstić information content (AvgIpc) is 2.75. The first-order valence-electron chi connectivity index (χ1n) is 7.64. The molecule has 2 heterocycles. The summed E-state index contributed by atoms with van der Waals surface area (Å²) in [5.74, 6) is 1.15. The highest BCUT2D eigenvalue weighted by atomic mass is 16.2. The molecule has 3 rings (SSSR count). The number of likely N-dealkylation sites (tertiary alicyclic amines) is 1. The van der Waals surface area contributed by atoms with Crippen molar-refractivity contribution in [2.24, 2.45) is 18.9 Å². The Labute approximate surface area is 125 Å². The maximum atomic E-state index is 12.5. The van der Waals surface area contributed by atoms with E-state index in [1.165, 1.54) is 6.42 Å². The molecule has 4 nitrogen and oxygen atoms in total. The van der Waals surface area contributed by atoms with Gasteiger partial charge in [0.25, 0.3) is 0 Å². The predicted molar refractivity (Wildman–Crippen MR) is 86.5 cm³/mol. The molecule has 1 aromatic carbocycles. The second kappa shape index (κ2) is 5.43. The number of hydrogen-bond acceptors (Lipinski definition) is 1. The smallest absolute Gasteiger partial charge is 0.321 e. The van der Waals surface area contributed by atoms with Gasteiger partial charge in [0.05, 0.1) is 5.69 Å². The van der Waals surface area contributed by atoms with Crippen LogP contribution in [-0.2, 0) is 7.05 Å². The van der Waals surface area contributed by atoms with Gasteiger partial charge in [-0.25, -0.2) is 4.79 Å². The summed E-state index contributed by atoms with van der Waals surface area (Å²) in [5.41, 5.74) is 2.03. The number of rotatable bonds is 1. The molecule has 112 valence electrons. The third-order valence-corrected chi connectivity index (χ3v) is 4.29. The molecule has 1 aliphatic rings. The summed E-state index contributed by atoms with van der Waals surface area (Å²) in [4.78, 5) is 14.5. The van der Waals surface area contributed by atoms with Crippen molar-refractivity contribution in [3.8, 4) is 0 Å². The number of hydrogen-bond donors (Lipinski definition) is 1. The third kappa shape index (κ3) is 2.75. The molecule has 1 N–H and O–H groups in total. The third-order valence-electron chi connectivity index (χ3n) is 4.29. The molecule has 1 fully saturated rings. The summed E-state index contributed by atoms with van der Waals surface area (Å²) in [6.07, 6.45) is 3.19. The highest BCUT2D eigenvalue weighted by Crippen LogP contribution is 2.26. The summed E-state index contributed by atoms with van der Waals surface area (Å²) < 4.78 is 2.05. The van der Waals surface area contributed by atoms with Gasteiger partial charge in [0.15, 0.2) is 0 Å². The standard InChI is InChI=1S/C17H23N3O/c1-12-8-13(2)10-20(9-12)17(21)18-15-11-19(3)16-7-5-4-6-14(15)16/h4-7,11-13H,8-10H2,1-3H3,(H,18,21)/t12-,13-/m0/s1. The van der Waals surface area contributed by atoms with E-state index >= 15 is 0 Å². The van der Waals surface area contributed by atoms with Crippen LogP contribution in [0.3, 0.4) is 0 Å². The number of carbonyl (C=O) groups is 1. The molecule has 2 amide bonds. The Hall–Kier alpha value is -1.97. The number of nitrogens with one attached hydrogen (secondary N) is 1. The van der Waals surface area contributed by atoms with Crippen molar-refractivity contribution < 1.29 is 4.79 Å². The van der Waals surface area contributed by atoms with E-state index in [4.69, 9.17) is 0 Å². The SMILES string of the molecule is C[C@H]1C[C@H](C)CN(C(=O)Nc2cn(C)c3ccccc23)C1. The van der Waals surface area contributed by atoms with Gasteiger partial charge >= 0.3 is 6.03 Å². The van der Waals surface area contributed by atoms with Gasteiger partial charge in [-0.3, -0.25) is 0 Å². The van der Waals surface area contributed by atoms with Gasteiger partial charge < -0.3 is 14.8 Å². The van der Waals surface area contributed by atoms with Gasteiger partial charge in [-0.1, -0.05) is 32.0 Å². The summed E-state index contributed by atoms with van der Waals surface area (Å²) in [7, 11) is 2.00. The minimum absolute atomic E-state index is 0.0183. The molecule has 4 heteroatoms. The van der Waals surface area contributed by atoms with Crippen molar-refractivity contribution in [2.45, 2.75) is 20.3 Å². The van der Waals surface area contributed by atoms with Gasteiger partial charge in [-0.05, 0) is 24.3 Å². The van der Waals surface area contributed by atoms with Crippen LogP contribution in [0.5, 0.6) is 0 Å². The molecule has 0 radical (unpaired) electrons. The van der Waals surface area contributed by atoms with Crippen LogP contribution in [0.25, 0.3) is 10.9 Å². The Morgan fingerprint density at radius 2 is 1.86 bits per heavy atom. The van der Waals surface area contributed by atoms with E-state index in [1.54, 1.807) is 0 Å². The van der Waals surface area contributed by atoms with Gasteiger partial charge in [-0.2, -0.15) is 0 Å². The minimum atomic E-state index is 0.0183. The predicted octanol–water partition coefficient (Wildman–Crippen LogP) is 3.69. The zero-order valence-corrected chi connectivity index (χ0v) is 13.0. The molecule has 1 aliphatic heterocycles. The highest BCUT2D eigenvalue weighted by molar-refractivity contribution is 6.01. The van der Waals surface area contributed by atoms with Crippen molar-refractivity contribution in [1.29, 1.82) is 0 Å².